The van der Waals surface area contributed by atoms with Crippen molar-refractivity contribution < 1.29 is 8.42 Å². The molecule has 0 spiro atoms. The normalized spacial score (nSPS) is 12.0. The van der Waals surface area contributed by atoms with Crippen LogP contribution in [0.5, 0.6) is 0 Å². The van der Waals surface area contributed by atoms with Crippen molar-refractivity contribution in [3.63, 3.8) is 0 Å². The van der Waals surface area contributed by atoms with Gasteiger partial charge in [0.25, 0.3) is 0 Å². The molecule has 0 fully saturated rings. The molecule has 1 N–H and O–H groups in total. The molecule has 0 heterocycles. The summed E-state index contributed by atoms with van der Waals surface area (Å²) in [7, 11) is -3.34. The summed E-state index contributed by atoms with van der Waals surface area (Å²) in [6, 6.07) is 7.25. The Kier molecular flexibility index (Phi) is 7.19. The van der Waals surface area contributed by atoms with Crippen molar-refractivity contribution in [2.24, 2.45) is 0 Å². The minimum absolute atomic E-state index is 0.389. The van der Waals surface area contributed by atoms with E-state index in [-0.39, 0.29) is 0 Å². The van der Waals surface area contributed by atoms with Crippen LogP contribution in [0, 0.1) is 0 Å². The lowest BCUT2D eigenvalue weighted by Gasteiger charge is -2.19. The summed E-state index contributed by atoms with van der Waals surface area (Å²) in [6.07, 6.45) is 1.74. The number of nitrogens with one attached hydrogen (secondary N) is 1. The first-order chi connectivity index (χ1) is 9.56. The Labute approximate surface area is 123 Å². The standard InChI is InChI=1S/C15H26N2O2S/c1-4-13-17(6-3)20(18,19)15-9-7-14(8-10-15)11-12-16-5-2/h7-10,16H,4-6,11-13H2,1-3H3. The Bertz CT molecular complexity index is 483. The third-order valence-corrected chi connectivity index (χ3v) is 5.22. The Hall–Kier alpha value is -0.910. The molecule has 4 nitrogen and oxygen atoms in total. The maximum Gasteiger partial charge on any atom is 0.243 e. The quantitative estimate of drug-likeness (QED) is 0.711. The van der Waals surface area contributed by atoms with E-state index >= 15 is 0 Å². The summed E-state index contributed by atoms with van der Waals surface area (Å²) in [6.45, 7) is 8.89. The Morgan fingerprint density at radius 2 is 1.75 bits per heavy atom. The van der Waals surface area contributed by atoms with Crippen LogP contribution in [0.4, 0.5) is 0 Å². The van der Waals surface area contributed by atoms with Crippen LogP contribution in [0.2, 0.25) is 0 Å². The van der Waals surface area contributed by atoms with Crippen molar-refractivity contribution >= 4 is 10.0 Å². The molecule has 0 aliphatic heterocycles. The van der Waals surface area contributed by atoms with Gasteiger partial charge in [0.05, 0.1) is 4.90 Å². The Balaban J connectivity index is 2.80. The van der Waals surface area contributed by atoms with Gasteiger partial charge in [0, 0.05) is 13.1 Å². The molecule has 0 bridgehead atoms. The summed E-state index contributed by atoms with van der Waals surface area (Å²) in [4.78, 5) is 0.389. The van der Waals surface area contributed by atoms with Gasteiger partial charge in [-0.3, -0.25) is 0 Å². The lowest BCUT2D eigenvalue weighted by Crippen LogP contribution is -2.31. The lowest BCUT2D eigenvalue weighted by molar-refractivity contribution is 0.427. The number of hydrogen-bond acceptors (Lipinski definition) is 3. The summed E-state index contributed by atoms with van der Waals surface area (Å²) in [5.41, 5.74) is 1.16. The highest BCUT2D eigenvalue weighted by molar-refractivity contribution is 7.89. The van der Waals surface area contributed by atoms with Crippen molar-refractivity contribution in [3.8, 4) is 0 Å². The van der Waals surface area contributed by atoms with Crippen LogP contribution in [-0.4, -0.2) is 38.9 Å². The van der Waals surface area contributed by atoms with Gasteiger partial charge in [-0.05, 0) is 43.6 Å². The van der Waals surface area contributed by atoms with Crippen LogP contribution in [0.15, 0.2) is 29.2 Å². The van der Waals surface area contributed by atoms with E-state index in [4.69, 9.17) is 0 Å². The van der Waals surface area contributed by atoms with Gasteiger partial charge in [-0.2, -0.15) is 4.31 Å². The smallest absolute Gasteiger partial charge is 0.243 e. The minimum atomic E-state index is -3.34. The fraction of sp³-hybridized carbons (Fsp3) is 0.600. The van der Waals surface area contributed by atoms with E-state index in [1.807, 2.05) is 26.0 Å². The third-order valence-electron chi connectivity index (χ3n) is 3.23. The van der Waals surface area contributed by atoms with Crippen LogP contribution >= 0.6 is 0 Å². The van der Waals surface area contributed by atoms with E-state index in [0.29, 0.717) is 18.0 Å². The number of hydrogen-bond donors (Lipinski definition) is 1. The first-order valence-electron chi connectivity index (χ1n) is 7.36. The van der Waals surface area contributed by atoms with Crippen LogP contribution in [0.3, 0.4) is 0 Å². The van der Waals surface area contributed by atoms with Crippen LogP contribution in [0.25, 0.3) is 0 Å². The largest absolute Gasteiger partial charge is 0.317 e. The SMILES string of the molecule is CCCN(CC)S(=O)(=O)c1ccc(CCNCC)cc1. The molecule has 20 heavy (non-hydrogen) atoms. The lowest BCUT2D eigenvalue weighted by atomic mass is 10.1. The molecule has 1 aromatic rings. The van der Waals surface area contributed by atoms with Crippen LogP contribution < -0.4 is 5.32 Å². The molecule has 0 saturated heterocycles. The molecule has 1 aromatic carbocycles. The molecule has 1 rings (SSSR count). The number of likely N-dealkylation sites (N-methyl/N-ethyl adjacent to an activating group) is 1. The van der Waals surface area contributed by atoms with E-state index < -0.39 is 10.0 Å². The van der Waals surface area contributed by atoms with Gasteiger partial charge in [0.2, 0.25) is 10.0 Å². The van der Waals surface area contributed by atoms with Gasteiger partial charge >= 0.3 is 0 Å². The van der Waals surface area contributed by atoms with E-state index in [1.54, 1.807) is 12.1 Å². The van der Waals surface area contributed by atoms with Gasteiger partial charge in [-0.1, -0.05) is 32.9 Å². The second-order valence-corrected chi connectivity index (χ2v) is 6.68. The van der Waals surface area contributed by atoms with Gasteiger partial charge in [-0.15, -0.1) is 0 Å². The monoisotopic (exact) mass is 298 g/mol. The fourth-order valence-electron chi connectivity index (χ4n) is 2.08. The predicted molar refractivity (Wildman–Crippen MR) is 83.4 cm³/mol. The third kappa shape index (κ3) is 4.58. The number of rotatable bonds is 9. The van der Waals surface area contributed by atoms with Crippen molar-refractivity contribution in [2.45, 2.75) is 38.5 Å². The highest BCUT2D eigenvalue weighted by atomic mass is 32.2. The van der Waals surface area contributed by atoms with Crippen LogP contribution in [0.1, 0.15) is 32.8 Å². The van der Waals surface area contributed by atoms with Crippen LogP contribution in [-0.2, 0) is 16.4 Å². The molecule has 0 aromatic heterocycles. The zero-order valence-corrected chi connectivity index (χ0v) is 13.5. The Morgan fingerprint density at radius 1 is 1.10 bits per heavy atom. The molecule has 114 valence electrons. The molecular formula is C15H26N2O2S. The molecular weight excluding hydrogens is 272 g/mol. The fourth-order valence-corrected chi connectivity index (χ4v) is 3.63. The topological polar surface area (TPSA) is 49.4 Å². The van der Waals surface area contributed by atoms with E-state index in [0.717, 1.165) is 31.5 Å². The molecule has 0 aliphatic carbocycles. The van der Waals surface area contributed by atoms with Crippen molar-refractivity contribution in [3.05, 3.63) is 29.8 Å². The molecule has 0 aliphatic rings. The highest BCUT2D eigenvalue weighted by Crippen LogP contribution is 2.16. The molecule has 0 saturated carbocycles. The van der Waals surface area contributed by atoms with Crippen molar-refractivity contribution in [1.82, 2.24) is 9.62 Å². The zero-order chi connectivity index (χ0) is 15.0. The van der Waals surface area contributed by atoms with Gasteiger partial charge in [0.1, 0.15) is 0 Å². The zero-order valence-electron chi connectivity index (χ0n) is 12.7. The number of nitrogens with zero attached hydrogens (tertiary/aromatic N) is 1. The van der Waals surface area contributed by atoms with Crippen molar-refractivity contribution in [2.75, 3.05) is 26.2 Å². The van der Waals surface area contributed by atoms with E-state index in [9.17, 15) is 8.42 Å². The molecule has 0 unspecified atom stereocenters. The summed E-state index contributed by atoms with van der Waals surface area (Å²) in [5, 5.41) is 3.26. The average molecular weight is 298 g/mol. The highest BCUT2D eigenvalue weighted by Gasteiger charge is 2.21. The van der Waals surface area contributed by atoms with Gasteiger partial charge in [0.15, 0.2) is 0 Å². The number of sulfonamides is 1. The minimum Gasteiger partial charge on any atom is -0.317 e. The molecule has 5 heteroatoms. The summed E-state index contributed by atoms with van der Waals surface area (Å²) >= 11 is 0. The molecule has 0 amide bonds. The maximum absolute atomic E-state index is 12.4. The average Bonchev–Trinajstić information content (AvgIpc) is 2.45. The second-order valence-electron chi connectivity index (χ2n) is 4.74. The first kappa shape index (κ1) is 17.1. The number of benzene rings is 1. The summed E-state index contributed by atoms with van der Waals surface area (Å²) in [5.74, 6) is 0. The summed E-state index contributed by atoms with van der Waals surface area (Å²) < 4.78 is 26.4. The van der Waals surface area contributed by atoms with E-state index in [2.05, 4.69) is 12.2 Å². The molecule has 0 atom stereocenters. The maximum atomic E-state index is 12.4. The van der Waals surface area contributed by atoms with Gasteiger partial charge < -0.3 is 5.32 Å². The van der Waals surface area contributed by atoms with Gasteiger partial charge in [-0.25, -0.2) is 8.42 Å². The predicted octanol–water partition coefficient (Wildman–Crippen LogP) is 2.26. The van der Waals surface area contributed by atoms with Crippen molar-refractivity contribution in [1.29, 1.82) is 0 Å². The van der Waals surface area contributed by atoms with E-state index in [1.165, 1.54) is 4.31 Å². The Morgan fingerprint density at radius 3 is 2.25 bits per heavy atom. The first-order valence-corrected chi connectivity index (χ1v) is 8.80. The molecule has 0 radical (unpaired) electrons. The second kappa shape index (κ2) is 8.39.